The van der Waals surface area contributed by atoms with Crippen LogP contribution in [0.2, 0.25) is 10.0 Å². The van der Waals surface area contributed by atoms with Crippen LogP contribution in [0.25, 0.3) is 72.3 Å². The molecule has 10 rings (SSSR count). The van der Waals surface area contributed by atoms with Gasteiger partial charge in [-0.25, -0.2) is 19.9 Å². The molecule has 0 radical (unpaired) electrons. The van der Waals surface area contributed by atoms with Crippen LogP contribution in [0.1, 0.15) is 29.3 Å². The number of hydrogen-bond donors (Lipinski definition) is 0. The average molecular weight is 685 g/mol. The van der Waals surface area contributed by atoms with Crippen molar-refractivity contribution in [3.8, 4) is 33.9 Å². The zero-order valence-electron chi connectivity index (χ0n) is 26.7. The fourth-order valence-corrected chi connectivity index (χ4v) is 8.01. The number of pyridine rings is 1. The monoisotopic (exact) mass is 683 g/mol. The minimum absolute atomic E-state index is 0.175. The first-order valence-electron chi connectivity index (χ1n) is 16.7. The molecule has 9 aromatic rings. The summed E-state index contributed by atoms with van der Waals surface area (Å²) in [6.45, 7) is 0. The fourth-order valence-electron chi connectivity index (χ4n) is 7.76. The second-order valence-corrected chi connectivity index (χ2v) is 13.7. The van der Waals surface area contributed by atoms with Gasteiger partial charge in [-0.05, 0) is 101 Å². The molecule has 3 aromatic heterocycles. The average Bonchev–Trinajstić information content (AvgIpc) is 3.71. The maximum absolute atomic E-state index is 6.22. The van der Waals surface area contributed by atoms with Crippen molar-refractivity contribution in [2.45, 2.75) is 18.8 Å². The van der Waals surface area contributed by atoms with E-state index >= 15 is 0 Å². The number of aromatic nitrogens is 5. The SMILES string of the molecule is Clc1ccc(-c2nc(CCC3c4ccccc4-c4c3ccc3c4c4ccccc4c4nc5ccccc5n34)nc(-c3ccc(Cl)cc3)n2)cc1. The highest BCUT2D eigenvalue weighted by Crippen LogP contribution is 2.51. The Bertz CT molecular complexity index is 2730. The predicted molar refractivity (Wildman–Crippen MR) is 204 cm³/mol. The highest BCUT2D eigenvalue weighted by Gasteiger charge is 2.31. The number of hydrogen-bond acceptors (Lipinski definition) is 4. The smallest absolute Gasteiger partial charge is 0.163 e. The molecule has 7 heteroatoms. The number of halogens is 2. The third-order valence-electron chi connectivity index (χ3n) is 9.98. The van der Waals surface area contributed by atoms with Crippen molar-refractivity contribution in [3.63, 3.8) is 0 Å². The van der Waals surface area contributed by atoms with E-state index in [1.165, 1.54) is 38.5 Å². The van der Waals surface area contributed by atoms with Crippen LogP contribution in [0.5, 0.6) is 0 Å². The highest BCUT2D eigenvalue weighted by molar-refractivity contribution is 6.31. The van der Waals surface area contributed by atoms with Crippen molar-refractivity contribution < 1.29 is 0 Å². The van der Waals surface area contributed by atoms with E-state index in [9.17, 15) is 0 Å². The number of para-hydroxylation sites is 2. The van der Waals surface area contributed by atoms with E-state index in [1.54, 1.807) is 0 Å². The van der Waals surface area contributed by atoms with Crippen LogP contribution >= 0.6 is 23.2 Å². The van der Waals surface area contributed by atoms with Gasteiger partial charge in [0.1, 0.15) is 11.5 Å². The largest absolute Gasteiger partial charge is 0.292 e. The predicted octanol–water partition coefficient (Wildman–Crippen LogP) is 11.4. The molecule has 50 heavy (non-hydrogen) atoms. The topological polar surface area (TPSA) is 56.0 Å². The first-order valence-corrected chi connectivity index (χ1v) is 17.5. The summed E-state index contributed by atoms with van der Waals surface area (Å²) in [5, 5.41) is 4.97. The van der Waals surface area contributed by atoms with Gasteiger partial charge in [0, 0.05) is 44.3 Å². The summed E-state index contributed by atoms with van der Waals surface area (Å²) in [6.07, 6.45) is 1.51. The number of nitrogens with zero attached hydrogens (tertiary/aromatic N) is 5. The molecular formula is C43H27Cl2N5. The molecule has 0 bridgehead atoms. The molecule has 6 aromatic carbocycles. The Morgan fingerprint density at radius 3 is 1.92 bits per heavy atom. The molecule has 1 aliphatic carbocycles. The van der Waals surface area contributed by atoms with Crippen molar-refractivity contribution in [1.82, 2.24) is 24.3 Å². The van der Waals surface area contributed by atoms with Crippen LogP contribution < -0.4 is 0 Å². The van der Waals surface area contributed by atoms with E-state index in [0.717, 1.165) is 45.4 Å². The number of fused-ring (bicyclic) bond motifs is 12. The molecule has 1 unspecified atom stereocenters. The lowest BCUT2D eigenvalue weighted by Gasteiger charge is -2.16. The van der Waals surface area contributed by atoms with E-state index in [1.807, 2.05) is 48.5 Å². The zero-order valence-corrected chi connectivity index (χ0v) is 28.2. The highest BCUT2D eigenvalue weighted by atomic mass is 35.5. The minimum atomic E-state index is 0.175. The lowest BCUT2D eigenvalue weighted by molar-refractivity contribution is 0.699. The van der Waals surface area contributed by atoms with Crippen molar-refractivity contribution in [2.75, 3.05) is 0 Å². The molecule has 0 N–H and O–H groups in total. The molecule has 3 heterocycles. The number of aryl methyl sites for hydroxylation is 1. The van der Waals surface area contributed by atoms with Crippen LogP contribution in [0, 0.1) is 0 Å². The second-order valence-electron chi connectivity index (χ2n) is 12.8. The number of benzene rings is 6. The Morgan fingerprint density at radius 1 is 0.540 bits per heavy atom. The standard InChI is InChI=1S/C43H27Cl2N5/c44-27-17-13-25(14-18-27)41-47-38(48-42(49-41)26-15-19-28(45)20-16-26)24-22-30-29-7-1-2-8-31(29)39-33(30)21-23-37-40(39)32-9-3-4-10-34(32)43-46-35-11-5-6-12-36(35)50(37)43/h1-21,23,30H,22,24H2. The fraction of sp³-hybridized carbons (Fsp3) is 0.0698. The van der Waals surface area contributed by atoms with E-state index < -0.39 is 0 Å². The molecule has 5 nitrogen and oxygen atoms in total. The summed E-state index contributed by atoms with van der Waals surface area (Å²) in [5.41, 5.74) is 11.3. The molecule has 0 spiro atoms. The van der Waals surface area contributed by atoms with Gasteiger partial charge in [0.05, 0.1) is 16.6 Å². The molecular weight excluding hydrogens is 657 g/mol. The van der Waals surface area contributed by atoms with Gasteiger partial charge >= 0.3 is 0 Å². The van der Waals surface area contributed by atoms with Gasteiger partial charge in [-0.15, -0.1) is 0 Å². The Morgan fingerprint density at radius 2 is 1.18 bits per heavy atom. The Hall–Kier alpha value is -5.62. The molecule has 1 atom stereocenters. The minimum Gasteiger partial charge on any atom is -0.292 e. The Kier molecular flexibility index (Phi) is 6.73. The van der Waals surface area contributed by atoms with E-state index in [-0.39, 0.29) is 5.92 Å². The third-order valence-corrected chi connectivity index (χ3v) is 10.5. The summed E-state index contributed by atoms with van der Waals surface area (Å²) < 4.78 is 2.34. The second kappa shape index (κ2) is 11.5. The van der Waals surface area contributed by atoms with Gasteiger partial charge in [0.15, 0.2) is 11.6 Å². The molecule has 0 amide bonds. The van der Waals surface area contributed by atoms with Gasteiger partial charge in [0.25, 0.3) is 0 Å². The zero-order chi connectivity index (χ0) is 33.3. The van der Waals surface area contributed by atoms with Gasteiger partial charge in [0.2, 0.25) is 0 Å². The summed E-state index contributed by atoms with van der Waals surface area (Å²) in [7, 11) is 0. The Balaban J connectivity index is 1.13. The Labute approximate surface area is 297 Å². The van der Waals surface area contributed by atoms with Crippen LogP contribution in [-0.4, -0.2) is 24.3 Å². The van der Waals surface area contributed by atoms with Crippen LogP contribution in [-0.2, 0) is 6.42 Å². The first kappa shape index (κ1) is 29.3. The van der Waals surface area contributed by atoms with E-state index in [0.29, 0.717) is 28.1 Å². The van der Waals surface area contributed by atoms with Crippen LogP contribution in [0.4, 0.5) is 0 Å². The summed E-state index contributed by atoms with van der Waals surface area (Å²) in [4.78, 5) is 20.0. The van der Waals surface area contributed by atoms with Crippen LogP contribution in [0.15, 0.2) is 133 Å². The van der Waals surface area contributed by atoms with Gasteiger partial charge in [-0.2, -0.15) is 0 Å². The number of rotatable bonds is 5. The van der Waals surface area contributed by atoms with Crippen molar-refractivity contribution in [2.24, 2.45) is 0 Å². The molecule has 0 aliphatic heterocycles. The quantitative estimate of drug-likeness (QED) is 0.169. The number of imidazole rings is 1. The summed E-state index contributed by atoms with van der Waals surface area (Å²) >= 11 is 12.4. The molecule has 1 aliphatic rings. The lowest BCUT2D eigenvalue weighted by atomic mass is 9.91. The maximum atomic E-state index is 6.22. The van der Waals surface area contributed by atoms with E-state index in [2.05, 4.69) is 89.3 Å². The van der Waals surface area contributed by atoms with Crippen molar-refractivity contribution in [3.05, 3.63) is 160 Å². The van der Waals surface area contributed by atoms with Crippen LogP contribution in [0.3, 0.4) is 0 Å². The van der Waals surface area contributed by atoms with Crippen molar-refractivity contribution in [1.29, 1.82) is 0 Å². The molecule has 238 valence electrons. The summed E-state index contributed by atoms with van der Waals surface area (Å²) in [5.74, 6) is 2.17. The normalized spacial score (nSPS) is 13.8. The lowest BCUT2D eigenvalue weighted by Crippen LogP contribution is -2.06. The molecule has 0 saturated heterocycles. The van der Waals surface area contributed by atoms with Gasteiger partial charge in [-0.1, -0.05) is 89.9 Å². The molecule has 0 saturated carbocycles. The summed E-state index contributed by atoms with van der Waals surface area (Å²) in [6, 6.07) is 45.8. The first-order chi connectivity index (χ1) is 24.6. The van der Waals surface area contributed by atoms with Gasteiger partial charge < -0.3 is 0 Å². The molecule has 0 fully saturated rings. The van der Waals surface area contributed by atoms with E-state index in [4.69, 9.17) is 43.1 Å². The maximum Gasteiger partial charge on any atom is 0.163 e. The van der Waals surface area contributed by atoms with Gasteiger partial charge in [-0.3, -0.25) is 4.40 Å². The third kappa shape index (κ3) is 4.62. The van der Waals surface area contributed by atoms with Crippen molar-refractivity contribution >= 4 is 61.6 Å².